The Labute approximate surface area is 221 Å². The summed E-state index contributed by atoms with van der Waals surface area (Å²) in [7, 11) is 0. The molecule has 0 spiro atoms. The number of amides is 2. The molecular formula is C29H31FN4O2S. The molecule has 3 aromatic carbocycles. The SMILES string of the molecule is Cc1ccc(C)c(N2CCN(C(=O)c3ccc4c(c3)NC(=O)[C@H](CSCc3cccc(F)c3)N4)CC2)c1. The Morgan fingerprint density at radius 1 is 1.00 bits per heavy atom. The van der Waals surface area contributed by atoms with Gasteiger partial charge in [-0.2, -0.15) is 11.8 Å². The lowest BCUT2D eigenvalue weighted by atomic mass is 10.1. The smallest absolute Gasteiger partial charge is 0.254 e. The van der Waals surface area contributed by atoms with Gasteiger partial charge in [0.15, 0.2) is 0 Å². The van der Waals surface area contributed by atoms with Crippen LogP contribution in [0.1, 0.15) is 27.0 Å². The van der Waals surface area contributed by atoms with Gasteiger partial charge in [0.25, 0.3) is 5.91 Å². The predicted molar refractivity (Wildman–Crippen MR) is 149 cm³/mol. The highest BCUT2D eigenvalue weighted by atomic mass is 32.2. The maximum absolute atomic E-state index is 13.4. The van der Waals surface area contributed by atoms with Crippen LogP contribution in [0.3, 0.4) is 0 Å². The van der Waals surface area contributed by atoms with Gasteiger partial charge in [-0.05, 0) is 66.9 Å². The summed E-state index contributed by atoms with van der Waals surface area (Å²) in [4.78, 5) is 30.2. The average molecular weight is 519 g/mol. The Balaban J connectivity index is 1.18. The number of carbonyl (C=O) groups excluding carboxylic acids is 2. The number of halogens is 1. The van der Waals surface area contributed by atoms with E-state index in [0.717, 1.165) is 24.3 Å². The summed E-state index contributed by atoms with van der Waals surface area (Å²) in [6, 6.07) is 18.0. The minimum Gasteiger partial charge on any atom is -0.371 e. The molecule has 6 nitrogen and oxygen atoms in total. The summed E-state index contributed by atoms with van der Waals surface area (Å²) >= 11 is 1.57. The van der Waals surface area contributed by atoms with Crippen molar-refractivity contribution in [3.8, 4) is 0 Å². The van der Waals surface area contributed by atoms with E-state index < -0.39 is 6.04 Å². The lowest BCUT2D eigenvalue weighted by Gasteiger charge is -2.37. The number of nitrogens with one attached hydrogen (secondary N) is 2. The molecule has 192 valence electrons. The van der Waals surface area contributed by atoms with E-state index in [0.29, 0.717) is 35.8 Å². The third-order valence-corrected chi connectivity index (χ3v) is 7.99. The van der Waals surface area contributed by atoms with Crippen molar-refractivity contribution in [1.82, 2.24) is 4.90 Å². The van der Waals surface area contributed by atoms with E-state index >= 15 is 0 Å². The first kappa shape index (κ1) is 25.1. The fourth-order valence-corrected chi connectivity index (χ4v) is 5.82. The molecule has 2 aliphatic heterocycles. The van der Waals surface area contributed by atoms with Gasteiger partial charge < -0.3 is 20.4 Å². The molecule has 0 aromatic heterocycles. The minimum absolute atomic E-state index is 0.0227. The molecule has 3 aromatic rings. The van der Waals surface area contributed by atoms with Crippen LogP contribution < -0.4 is 15.5 Å². The summed E-state index contributed by atoms with van der Waals surface area (Å²) in [5, 5.41) is 6.24. The van der Waals surface area contributed by atoms with Gasteiger partial charge in [0.2, 0.25) is 5.91 Å². The van der Waals surface area contributed by atoms with Gasteiger partial charge in [-0.25, -0.2) is 4.39 Å². The summed E-state index contributed by atoms with van der Waals surface area (Å²) in [5.41, 5.74) is 6.59. The van der Waals surface area contributed by atoms with E-state index in [4.69, 9.17) is 0 Å². The van der Waals surface area contributed by atoms with Gasteiger partial charge >= 0.3 is 0 Å². The number of rotatable bonds is 6. The van der Waals surface area contributed by atoms with Crippen molar-refractivity contribution >= 4 is 40.6 Å². The van der Waals surface area contributed by atoms with Gasteiger partial charge in [-0.15, -0.1) is 0 Å². The highest BCUT2D eigenvalue weighted by molar-refractivity contribution is 7.98. The first-order valence-corrected chi connectivity index (χ1v) is 13.7. The highest BCUT2D eigenvalue weighted by Crippen LogP contribution is 2.30. The van der Waals surface area contributed by atoms with Crippen molar-refractivity contribution in [2.75, 3.05) is 47.5 Å². The van der Waals surface area contributed by atoms with Gasteiger partial charge in [0, 0.05) is 48.9 Å². The summed E-state index contributed by atoms with van der Waals surface area (Å²) in [6.07, 6.45) is 0. The van der Waals surface area contributed by atoms with Gasteiger partial charge in [-0.3, -0.25) is 9.59 Å². The maximum atomic E-state index is 13.4. The number of benzene rings is 3. The molecule has 1 atom stereocenters. The molecule has 0 unspecified atom stereocenters. The van der Waals surface area contributed by atoms with E-state index in [-0.39, 0.29) is 17.6 Å². The number of hydrogen-bond donors (Lipinski definition) is 2. The third kappa shape index (κ3) is 5.74. The molecule has 0 saturated carbocycles. The lowest BCUT2D eigenvalue weighted by Crippen LogP contribution is -2.49. The van der Waals surface area contributed by atoms with Crippen molar-refractivity contribution < 1.29 is 14.0 Å². The van der Waals surface area contributed by atoms with E-state index in [1.54, 1.807) is 23.9 Å². The van der Waals surface area contributed by atoms with Crippen molar-refractivity contribution in [3.05, 3.63) is 88.7 Å². The van der Waals surface area contributed by atoms with Gasteiger partial charge in [-0.1, -0.05) is 24.3 Å². The molecule has 1 saturated heterocycles. The molecule has 1 fully saturated rings. The molecule has 0 radical (unpaired) electrons. The fourth-order valence-electron chi connectivity index (χ4n) is 4.81. The maximum Gasteiger partial charge on any atom is 0.254 e. The number of hydrogen-bond acceptors (Lipinski definition) is 5. The molecular weight excluding hydrogens is 487 g/mol. The predicted octanol–water partition coefficient (Wildman–Crippen LogP) is 5.07. The molecule has 2 aliphatic rings. The van der Waals surface area contributed by atoms with E-state index in [9.17, 15) is 14.0 Å². The van der Waals surface area contributed by atoms with Crippen LogP contribution in [0.25, 0.3) is 0 Å². The highest BCUT2D eigenvalue weighted by Gasteiger charge is 2.28. The van der Waals surface area contributed by atoms with Crippen LogP contribution in [-0.2, 0) is 10.5 Å². The van der Waals surface area contributed by atoms with Crippen LogP contribution >= 0.6 is 11.8 Å². The topological polar surface area (TPSA) is 64.7 Å². The Bertz CT molecular complexity index is 1320. The van der Waals surface area contributed by atoms with E-state index in [2.05, 4.69) is 47.6 Å². The van der Waals surface area contributed by atoms with Crippen molar-refractivity contribution in [1.29, 1.82) is 0 Å². The van der Waals surface area contributed by atoms with Crippen LogP contribution in [0.15, 0.2) is 60.7 Å². The summed E-state index contributed by atoms with van der Waals surface area (Å²) in [5.74, 6) is 0.762. The summed E-state index contributed by atoms with van der Waals surface area (Å²) in [6.45, 7) is 7.09. The zero-order chi connectivity index (χ0) is 25.9. The quantitative estimate of drug-likeness (QED) is 0.477. The molecule has 0 bridgehead atoms. The number of aryl methyl sites for hydroxylation is 2. The van der Waals surface area contributed by atoms with Crippen LogP contribution in [0.4, 0.5) is 21.5 Å². The van der Waals surface area contributed by atoms with Crippen LogP contribution in [0, 0.1) is 19.7 Å². The van der Waals surface area contributed by atoms with Gasteiger partial charge in [0.1, 0.15) is 11.9 Å². The van der Waals surface area contributed by atoms with E-state index in [1.165, 1.54) is 28.9 Å². The molecule has 8 heteroatoms. The number of thioether (sulfide) groups is 1. The standard InChI is InChI=1S/C29H31FN4O2S/c1-19-6-7-20(2)27(14-19)33-10-12-34(13-11-33)29(36)22-8-9-24-25(16-22)32-28(35)26(31-24)18-37-17-21-4-3-5-23(30)15-21/h3-9,14-16,26,31H,10-13,17-18H2,1-2H3,(H,32,35)/t26-/m0/s1. The van der Waals surface area contributed by atoms with Crippen molar-refractivity contribution in [3.63, 3.8) is 0 Å². The molecule has 37 heavy (non-hydrogen) atoms. The normalized spacial score (nSPS) is 17.2. The number of carbonyl (C=O) groups is 2. The minimum atomic E-state index is -0.397. The van der Waals surface area contributed by atoms with Crippen molar-refractivity contribution in [2.24, 2.45) is 0 Å². The average Bonchev–Trinajstić information content (AvgIpc) is 2.90. The molecule has 5 rings (SSSR count). The van der Waals surface area contributed by atoms with E-state index in [1.807, 2.05) is 23.1 Å². The Hall–Kier alpha value is -3.52. The second-order valence-electron chi connectivity index (χ2n) is 9.66. The second kappa shape index (κ2) is 10.8. The largest absolute Gasteiger partial charge is 0.371 e. The Morgan fingerprint density at radius 2 is 1.81 bits per heavy atom. The van der Waals surface area contributed by atoms with Gasteiger partial charge in [0.05, 0.1) is 11.4 Å². The Kier molecular flexibility index (Phi) is 7.37. The molecule has 0 aliphatic carbocycles. The number of fused-ring (bicyclic) bond motifs is 1. The lowest BCUT2D eigenvalue weighted by molar-refractivity contribution is -0.116. The summed E-state index contributed by atoms with van der Waals surface area (Å²) < 4.78 is 13.4. The van der Waals surface area contributed by atoms with Crippen LogP contribution in [0.2, 0.25) is 0 Å². The zero-order valence-electron chi connectivity index (χ0n) is 21.1. The first-order chi connectivity index (χ1) is 17.9. The van der Waals surface area contributed by atoms with Crippen LogP contribution in [0.5, 0.6) is 0 Å². The number of anilines is 3. The molecule has 2 heterocycles. The Morgan fingerprint density at radius 3 is 2.59 bits per heavy atom. The second-order valence-corrected chi connectivity index (χ2v) is 10.7. The first-order valence-electron chi connectivity index (χ1n) is 12.5. The van der Waals surface area contributed by atoms with Crippen molar-refractivity contribution in [2.45, 2.75) is 25.6 Å². The third-order valence-electron chi connectivity index (χ3n) is 6.89. The molecule has 2 amide bonds. The molecule has 2 N–H and O–H groups in total. The monoisotopic (exact) mass is 518 g/mol. The number of piperazine rings is 1. The fraction of sp³-hybridized carbons (Fsp3) is 0.310. The van der Waals surface area contributed by atoms with Crippen LogP contribution in [-0.4, -0.2) is 54.7 Å². The zero-order valence-corrected chi connectivity index (χ0v) is 21.9. The number of nitrogens with zero attached hydrogens (tertiary/aromatic N) is 2.